The van der Waals surface area contributed by atoms with Crippen LogP contribution in [0.4, 0.5) is 11.5 Å². The molecular formula is C19H19N3O3. The van der Waals surface area contributed by atoms with Gasteiger partial charge in [0.15, 0.2) is 0 Å². The molecule has 0 atom stereocenters. The molecule has 3 rings (SSSR count). The van der Waals surface area contributed by atoms with Gasteiger partial charge in [0.1, 0.15) is 5.82 Å². The third-order valence-corrected chi connectivity index (χ3v) is 4.26. The smallest absolute Gasteiger partial charge is 0.270 e. The number of nitro groups is 1. The van der Waals surface area contributed by atoms with Gasteiger partial charge in [-0.1, -0.05) is 36.8 Å². The number of pyridine rings is 1. The highest BCUT2D eigenvalue weighted by Gasteiger charge is 2.18. The summed E-state index contributed by atoms with van der Waals surface area (Å²) in [5.41, 5.74) is 8.64. The van der Waals surface area contributed by atoms with E-state index in [2.05, 4.69) is 0 Å². The quantitative estimate of drug-likeness (QED) is 0.578. The number of nitrogen functional groups attached to an aromatic ring is 1. The van der Waals surface area contributed by atoms with Crippen molar-refractivity contribution >= 4 is 22.3 Å². The lowest BCUT2D eigenvalue weighted by Gasteiger charge is -2.17. The highest BCUT2D eigenvalue weighted by molar-refractivity contribution is 6.01. The molecule has 0 amide bonds. The minimum Gasteiger partial charge on any atom is -0.384 e. The molecule has 6 heteroatoms. The summed E-state index contributed by atoms with van der Waals surface area (Å²) in [6.45, 7) is 4.40. The zero-order valence-electron chi connectivity index (χ0n) is 14.2. The zero-order valence-corrected chi connectivity index (χ0v) is 14.2. The van der Waals surface area contributed by atoms with Crippen LogP contribution in [0, 0.1) is 17.0 Å². The van der Waals surface area contributed by atoms with Gasteiger partial charge in [0.2, 0.25) is 0 Å². The minimum atomic E-state index is -0.494. The Balaban J connectivity index is 2.46. The molecule has 25 heavy (non-hydrogen) atoms. The lowest BCUT2D eigenvalue weighted by Crippen LogP contribution is -2.24. The van der Waals surface area contributed by atoms with Crippen molar-refractivity contribution in [3.63, 3.8) is 0 Å². The molecule has 0 saturated heterocycles. The van der Waals surface area contributed by atoms with Crippen molar-refractivity contribution in [1.29, 1.82) is 0 Å². The average molecular weight is 337 g/mol. The third kappa shape index (κ3) is 2.87. The van der Waals surface area contributed by atoms with Gasteiger partial charge in [-0.3, -0.25) is 19.5 Å². The van der Waals surface area contributed by atoms with Crippen molar-refractivity contribution in [2.45, 2.75) is 26.8 Å². The highest BCUT2D eigenvalue weighted by atomic mass is 16.6. The van der Waals surface area contributed by atoms with Crippen LogP contribution >= 0.6 is 0 Å². The first-order valence-electron chi connectivity index (χ1n) is 8.11. The second-order valence-electron chi connectivity index (χ2n) is 6.07. The number of hydrogen-bond donors (Lipinski definition) is 1. The Kier molecular flexibility index (Phi) is 4.27. The number of rotatable bonds is 4. The predicted molar refractivity (Wildman–Crippen MR) is 99.7 cm³/mol. The third-order valence-electron chi connectivity index (χ3n) is 4.26. The van der Waals surface area contributed by atoms with Crippen LogP contribution in [0.1, 0.15) is 18.9 Å². The number of non-ortho nitro benzene ring substituents is 1. The van der Waals surface area contributed by atoms with Gasteiger partial charge in [-0.2, -0.15) is 0 Å². The van der Waals surface area contributed by atoms with Gasteiger partial charge < -0.3 is 5.73 Å². The second kappa shape index (κ2) is 6.39. The normalized spacial score (nSPS) is 11.0. The van der Waals surface area contributed by atoms with Crippen LogP contribution in [0.15, 0.2) is 47.3 Å². The number of aryl methyl sites for hydroxylation is 1. The number of hydrogen-bond acceptors (Lipinski definition) is 4. The molecule has 3 aromatic rings. The largest absolute Gasteiger partial charge is 0.384 e. The van der Waals surface area contributed by atoms with Crippen LogP contribution in [0.2, 0.25) is 0 Å². The maximum Gasteiger partial charge on any atom is 0.270 e. The number of benzene rings is 2. The van der Waals surface area contributed by atoms with Crippen molar-refractivity contribution in [2.75, 3.05) is 5.73 Å². The molecule has 0 aliphatic carbocycles. The van der Waals surface area contributed by atoms with Gasteiger partial charge in [-0.15, -0.1) is 0 Å². The summed E-state index contributed by atoms with van der Waals surface area (Å²) in [4.78, 5) is 23.4. The van der Waals surface area contributed by atoms with Crippen molar-refractivity contribution in [3.05, 3.63) is 68.5 Å². The molecule has 6 nitrogen and oxygen atoms in total. The van der Waals surface area contributed by atoms with Crippen molar-refractivity contribution in [2.24, 2.45) is 0 Å². The zero-order chi connectivity index (χ0) is 18.1. The van der Waals surface area contributed by atoms with E-state index in [1.165, 1.54) is 16.7 Å². The van der Waals surface area contributed by atoms with E-state index in [1.54, 1.807) is 6.07 Å². The number of anilines is 1. The highest BCUT2D eigenvalue weighted by Crippen LogP contribution is 2.34. The molecule has 0 spiro atoms. The van der Waals surface area contributed by atoms with Crippen LogP contribution < -0.4 is 11.3 Å². The van der Waals surface area contributed by atoms with E-state index in [0.717, 1.165) is 23.1 Å². The summed E-state index contributed by atoms with van der Waals surface area (Å²) in [5.74, 6) is 0.388. The second-order valence-corrected chi connectivity index (χ2v) is 6.07. The van der Waals surface area contributed by atoms with E-state index in [9.17, 15) is 14.9 Å². The van der Waals surface area contributed by atoms with Crippen LogP contribution in [-0.2, 0) is 6.54 Å². The number of nitrogens with two attached hydrogens (primary N) is 1. The van der Waals surface area contributed by atoms with Crippen LogP contribution in [-0.4, -0.2) is 9.49 Å². The molecular weight excluding hydrogens is 318 g/mol. The molecule has 0 aliphatic rings. The lowest BCUT2D eigenvalue weighted by atomic mass is 9.97. The summed E-state index contributed by atoms with van der Waals surface area (Å²) in [6, 6.07) is 12.2. The van der Waals surface area contributed by atoms with Crippen molar-refractivity contribution < 1.29 is 4.92 Å². The predicted octanol–water partition coefficient (Wildman–Crippen LogP) is 3.88. The molecule has 0 unspecified atom stereocenters. The first-order chi connectivity index (χ1) is 11.9. The van der Waals surface area contributed by atoms with Crippen LogP contribution in [0.5, 0.6) is 0 Å². The molecule has 1 aromatic heterocycles. The number of nitrogens with zero attached hydrogens (tertiary/aromatic N) is 2. The molecule has 0 fully saturated rings. The molecule has 0 radical (unpaired) electrons. The number of nitro benzene ring substituents is 1. The Morgan fingerprint density at radius 2 is 1.92 bits per heavy atom. The minimum absolute atomic E-state index is 0.104. The van der Waals surface area contributed by atoms with Gasteiger partial charge in [-0.05, 0) is 30.4 Å². The van der Waals surface area contributed by atoms with E-state index in [1.807, 2.05) is 38.1 Å². The van der Waals surface area contributed by atoms with Crippen LogP contribution in [0.3, 0.4) is 0 Å². The van der Waals surface area contributed by atoms with Gasteiger partial charge in [0.05, 0.1) is 10.3 Å². The molecule has 2 aromatic carbocycles. The topological polar surface area (TPSA) is 91.2 Å². The van der Waals surface area contributed by atoms with E-state index in [0.29, 0.717) is 23.1 Å². The van der Waals surface area contributed by atoms with Gasteiger partial charge in [-0.25, -0.2) is 0 Å². The van der Waals surface area contributed by atoms with Gasteiger partial charge >= 0.3 is 0 Å². The number of aromatic nitrogens is 1. The molecule has 128 valence electrons. The van der Waals surface area contributed by atoms with Crippen LogP contribution in [0.25, 0.3) is 21.9 Å². The van der Waals surface area contributed by atoms with Gasteiger partial charge in [0, 0.05) is 24.2 Å². The first kappa shape index (κ1) is 16.7. The number of fused-ring (bicyclic) bond motifs is 1. The molecule has 2 N–H and O–H groups in total. The van der Waals surface area contributed by atoms with Crippen molar-refractivity contribution in [1.82, 2.24) is 4.57 Å². The summed E-state index contributed by atoms with van der Waals surface area (Å²) in [7, 11) is 0. The van der Waals surface area contributed by atoms with Gasteiger partial charge in [0.25, 0.3) is 11.2 Å². The van der Waals surface area contributed by atoms with E-state index >= 15 is 0 Å². The summed E-state index contributed by atoms with van der Waals surface area (Å²) in [6.07, 6.45) is 0.734. The maximum absolute atomic E-state index is 12.8. The monoisotopic (exact) mass is 337 g/mol. The average Bonchev–Trinajstić information content (AvgIpc) is 2.58. The molecule has 0 bridgehead atoms. The maximum atomic E-state index is 12.8. The fourth-order valence-corrected chi connectivity index (χ4v) is 3.12. The summed E-state index contributed by atoms with van der Waals surface area (Å²) in [5, 5.41) is 12.0. The summed E-state index contributed by atoms with van der Waals surface area (Å²) >= 11 is 0. The van der Waals surface area contributed by atoms with E-state index in [-0.39, 0.29) is 11.2 Å². The Labute approximate surface area is 144 Å². The molecule has 1 heterocycles. The van der Waals surface area contributed by atoms with E-state index < -0.39 is 4.92 Å². The lowest BCUT2D eigenvalue weighted by molar-refractivity contribution is -0.384. The molecule has 0 saturated carbocycles. The first-order valence-corrected chi connectivity index (χ1v) is 8.11. The molecule has 0 aliphatic heterocycles. The SMILES string of the molecule is CCCn1c(N)c(-c2cccc(C)c2)c2ccc([N+](=O)[O-])cc2c1=O. The summed E-state index contributed by atoms with van der Waals surface area (Å²) < 4.78 is 1.50. The Bertz CT molecular complexity index is 1040. The standard InChI is InChI=1S/C19H19N3O3/c1-3-9-21-18(20)17(13-6-4-5-12(2)10-13)15-8-7-14(22(24)25)11-16(15)19(21)23/h4-8,10-11H,3,9,20H2,1-2H3. The fourth-order valence-electron chi connectivity index (χ4n) is 3.12. The Hall–Kier alpha value is -3.15. The van der Waals surface area contributed by atoms with E-state index in [4.69, 9.17) is 5.73 Å². The Morgan fingerprint density at radius 1 is 1.16 bits per heavy atom. The Morgan fingerprint density at radius 3 is 2.56 bits per heavy atom. The van der Waals surface area contributed by atoms with Crippen molar-refractivity contribution in [3.8, 4) is 11.1 Å². The fraction of sp³-hybridized carbons (Fsp3) is 0.211.